The Morgan fingerprint density at radius 3 is 3.00 bits per heavy atom. The van der Waals surface area contributed by atoms with Gasteiger partial charge in [-0.15, -0.1) is 6.58 Å². The molecule has 3 N–H and O–H groups in total. The minimum atomic E-state index is -0.180. The topological polar surface area (TPSA) is 70.7 Å². The van der Waals surface area contributed by atoms with Gasteiger partial charge in [-0.3, -0.25) is 10.6 Å². The van der Waals surface area contributed by atoms with Gasteiger partial charge in [-0.25, -0.2) is 4.99 Å². The molecule has 0 radical (unpaired) electrons. The number of carbonyl (C=O) groups excluding carboxylic acids is 1. The van der Waals surface area contributed by atoms with Gasteiger partial charge in [0.05, 0.1) is 5.69 Å². The van der Waals surface area contributed by atoms with E-state index in [1.54, 1.807) is 11.0 Å². The highest BCUT2D eigenvalue weighted by Gasteiger charge is 2.33. The maximum Gasteiger partial charge on any atom is 0.277 e. The van der Waals surface area contributed by atoms with Gasteiger partial charge in [-0.2, -0.15) is 4.83 Å². The molecule has 0 aliphatic carbocycles. The second-order valence-electron chi connectivity index (χ2n) is 3.67. The number of nitrogens with two attached hydrogens (primary N) is 1. The van der Waals surface area contributed by atoms with Gasteiger partial charge in [0.15, 0.2) is 4.32 Å². The summed E-state index contributed by atoms with van der Waals surface area (Å²) in [5.41, 5.74) is 1.93. The fraction of sp³-hybridized carbons (Fsp3) is 0.0833. The van der Waals surface area contributed by atoms with Gasteiger partial charge < -0.3 is 4.90 Å². The third-order valence-electron chi connectivity index (χ3n) is 2.56. The number of hydrogen-bond acceptors (Lipinski definition) is 5. The maximum absolute atomic E-state index is 12.3. The number of thiocarbonyl (C=S) groups is 1. The Kier molecular flexibility index (Phi) is 4.43. The van der Waals surface area contributed by atoms with Gasteiger partial charge >= 0.3 is 0 Å². The van der Waals surface area contributed by atoms with Crippen molar-refractivity contribution in [1.29, 1.82) is 0 Å². The molecule has 1 aromatic carbocycles. The molecular weight excluding hydrogens is 280 g/mol. The van der Waals surface area contributed by atoms with E-state index < -0.39 is 0 Å². The van der Waals surface area contributed by atoms with E-state index in [2.05, 4.69) is 16.4 Å². The van der Waals surface area contributed by atoms with Crippen molar-refractivity contribution in [2.24, 2.45) is 10.8 Å². The van der Waals surface area contributed by atoms with Crippen molar-refractivity contribution >= 4 is 45.8 Å². The quantitative estimate of drug-likeness (QED) is 0.290. The molecule has 0 aromatic heterocycles. The predicted molar refractivity (Wildman–Crippen MR) is 83.0 cm³/mol. The Hall–Kier alpha value is -1.54. The molecule has 1 amide bonds. The number of carbonyl (C=O) groups is 1. The number of benzene rings is 1. The lowest BCUT2D eigenvalue weighted by atomic mass is 10.1. The van der Waals surface area contributed by atoms with E-state index in [0.29, 0.717) is 12.3 Å². The summed E-state index contributed by atoms with van der Waals surface area (Å²) in [7, 11) is 0. The lowest BCUT2D eigenvalue weighted by Crippen LogP contribution is -2.30. The number of rotatable bonds is 3. The summed E-state index contributed by atoms with van der Waals surface area (Å²) in [6.45, 7) is 4.09. The highest BCUT2D eigenvalue weighted by molar-refractivity contribution is 8.21. The molecule has 0 saturated heterocycles. The zero-order valence-electron chi connectivity index (χ0n) is 10.00. The molecule has 0 unspecified atom stereocenters. The molecule has 1 aliphatic rings. The molecule has 1 aromatic rings. The average molecular weight is 292 g/mol. The van der Waals surface area contributed by atoms with Crippen LogP contribution in [0.3, 0.4) is 0 Å². The van der Waals surface area contributed by atoms with Crippen LogP contribution in [-0.4, -0.2) is 22.5 Å². The standard InChI is InChI=1S/C12H12N4OS2/c1-2-7-16-9-6-4-3-5-8(9)10(11(16)17)14-12(18)19-15-13/h2-6,15H,1,7,13H2. The van der Waals surface area contributed by atoms with Crippen LogP contribution in [0.15, 0.2) is 41.9 Å². The first-order valence-corrected chi connectivity index (χ1v) is 6.68. The van der Waals surface area contributed by atoms with Crippen molar-refractivity contribution in [3.63, 3.8) is 0 Å². The van der Waals surface area contributed by atoms with Crippen molar-refractivity contribution < 1.29 is 4.79 Å². The first-order chi connectivity index (χ1) is 9.19. The van der Waals surface area contributed by atoms with Crippen LogP contribution in [0.5, 0.6) is 0 Å². The van der Waals surface area contributed by atoms with E-state index in [1.807, 2.05) is 24.3 Å². The molecule has 0 fully saturated rings. The summed E-state index contributed by atoms with van der Waals surface area (Å²) in [4.78, 5) is 20.4. The van der Waals surface area contributed by atoms with Crippen LogP contribution in [0.4, 0.5) is 5.69 Å². The van der Waals surface area contributed by atoms with Crippen LogP contribution >= 0.6 is 24.2 Å². The summed E-state index contributed by atoms with van der Waals surface area (Å²) in [6, 6.07) is 7.45. The van der Waals surface area contributed by atoms with Crippen LogP contribution in [-0.2, 0) is 4.79 Å². The van der Waals surface area contributed by atoms with Gasteiger partial charge in [0.2, 0.25) is 0 Å². The zero-order chi connectivity index (χ0) is 13.8. The van der Waals surface area contributed by atoms with Crippen molar-refractivity contribution in [2.45, 2.75) is 0 Å². The van der Waals surface area contributed by atoms with Gasteiger partial charge in [0.1, 0.15) is 5.71 Å². The number of nitrogens with zero attached hydrogens (tertiary/aromatic N) is 2. The van der Waals surface area contributed by atoms with E-state index in [1.165, 1.54) is 0 Å². The number of nitrogens with one attached hydrogen (secondary N) is 1. The Labute approximate surface area is 120 Å². The Balaban J connectivity index is 2.44. The highest BCUT2D eigenvalue weighted by atomic mass is 32.2. The number of anilines is 1. The predicted octanol–water partition coefficient (Wildman–Crippen LogP) is 1.40. The molecule has 5 nitrogen and oxygen atoms in total. The van der Waals surface area contributed by atoms with E-state index >= 15 is 0 Å². The van der Waals surface area contributed by atoms with E-state index in [0.717, 1.165) is 23.2 Å². The molecule has 0 atom stereocenters. The van der Waals surface area contributed by atoms with Gasteiger partial charge in [-0.1, -0.05) is 24.3 Å². The summed E-state index contributed by atoms with van der Waals surface area (Å²) in [5, 5.41) is 0. The normalized spacial score (nSPS) is 15.7. The van der Waals surface area contributed by atoms with E-state index in [-0.39, 0.29) is 10.2 Å². The number of aliphatic imine (C=N–C) groups is 1. The van der Waals surface area contributed by atoms with Crippen LogP contribution in [0, 0.1) is 0 Å². The van der Waals surface area contributed by atoms with Crippen LogP contribution < -0.4 is 15.6 Å². The van der Waals surface area contributed by atoms with Crippen LogP contribution in [0.25, 0.3) is 0 Å². The highest BCUT2D eigenvalue weighted by Crippen LogP contribution is 2.29. The molecular formula is C12H12N4OS2. The number of amides is 1. The van der Waals surface area contributed by atoms with Crippen LogP contribution in [0.2, 0.25) is 0 Å². The van der Waals surface area contributed by atoms with Crippen molar-refractivity contribution in [1.82, 2.24) is 4.83 Å². The minimum absolute atomic E-state index is 0.180. The molecule has 0 spiro atoms. The zero-order valence-corrected chi connectivity index (χ0v) is 11.6. The Bertz CT molecular complexity index is 571. The van der Waals surface area contributed by atoms with Gasteiger partial charge in [0, 0.05) is 24.1 Å². The molecule has 98 valence electrons. The molecule has 1 heterocycles. The first-order valence-electron chi connectivity index (χ1n) is 5.46. The average Bonchev–Trinajstić information content (AvgIpc) is 2.66. The van der Waals surface area contributed by atoms with Crippen molar-refractivity contribution in [3.8, 4) is 0 Å². The molecule has 7 heteroatoms. The summed E-state index contributed by atoms with van der Waals surface area (Å²) in [5.74, 6) is 4.98. The lowest BCUT2D eigenvalue weighted by molar-refractivity contribution is -0.112. The fourth-order valence-corrected chi connectivity index (χ4v) is 2.32. The molecule has 0 saturated carbocycles. The largest absolute Gasteiger partial charge is 0.303 e. The number of fused-ring (bicyclic) bond motifs is 1. The Morgan fingerprint density at radius 2 is 2.32 bits per heavy atom. The number of para-hydroxylation sites is 1. The summed E-state index contributed by atoms with van der Waals surface area (Å²) in [6.07, 6.45) is 1.67. The molecule has 1 aliphatic heterocycles. The lowest BCUT2D eigenvalue weighted by Gasteiger charge is -2.13. The van der Waals surface area contributed by atoms with Crippen molar-refractivity contribution in [2.75, 3.05) is 11.4 Å². The molecule has 0 bridgehead atoms. The third-order valence-corrected chi connectivity index (χ3v) is 3.28. The van der Waals surface area contributed by atoms with E-state index in [4.69, 9.17) is 18.1 Å². The first kappa shape index (κ1) is 13.9. The van der Waals surface area contributed by atoms with E-state index in [9.17, 15) is 4.79 Å². The minimum Gasteiger partial charge on any atom is -0.303 e. The SMILES string of the molecule is C=CCN1C(=O)C(=NC(=S)SNN)c2ccccc21. The third kappa shape index (κ3) is 2.74. The monoisotopic (exact) mass is 292 g/mol. The number of hydrogen-bond donors (Lipinski definition) is 2. The van der Waals surface area contributed by atoms with Gasteiger partial charge in [-0.05, 0) is 18.3 Å². The van der Waals surface area contributed by atoms with Crippen LogP contribution in [0.1, 0.15) is 5.56 Å². The molecule has 2 rings (SSSR count). The maximum atomic E-state index is 12.3. The van der Waals surface area contributed by atoms with Gasteiger partial charge in [0.25, 0.3) is 5.91 Å². The second kappa shape index (κ2) is 6.07. The molecule has 19 heavy (non-hydrogen) atoms. The fourth-order valence-electron chi connectivity index (χ4n) is 1.84. The number of hydrazine groups is 1. The Morgan fingerprint density at radius 1 is 1.58 bits per heavy atom. The smallest absolute Gasteiger partial charge is 0.277 e. The second-order valence-corrected chi connectivity index (χ2v) is 5.14. The van der Waals surface area contributed by atoms with Crippen molar-refractivity contribution in [3.05, 3.63) is 42.5 Å². The summed E-state index contributed by atoms with van der Waals surface area (Å²) >= 11 is 6.01. The summed E-state index contributed by atoms with van der Waals surface area (Å²) < 4.78 is 0.265.